The first-order chi connectivity index (χ1) is 5.94. The summed E-state index contributed by atoms with van der Waals surface area (Å²) < 4.78 is 11.0. The van der Waals surface area contributed by atoms with E-state index < -0.39 is 11.9 Å². The minimum absolute atomic E-state index is 0.0764. The van der Waals surface area contributed by atoms with Crippen molar-refractivity contribution in [3.05, 3.63) is 0 Å². The van der Waals surface area contributed by atoms with E-state index in [1.807, 2.05) is 13.8 Å². The van der Waals surface area contributed by atoms with E-state index in [9.17, 15) is 4.79 Å². The van der Waals surface area contributed by atoms with E-state index >= 15 is 0 Å². The van der Waals surface area contributed by atoms with Gasteiger partial charge in [0.05, 0.1) is 6.10 Å². The Morgan fingerprint density at radius 1 is 1.38 bits per heavy atom. The van der Waals surface area contributed by atoms with Crippen LogP contribution in [0, 0.1) is 5.92 Å². The van der Waals surface area contributed by atoms with E-state index in [-0.39, 0.29) is 6.10 Å². The van der Waals surface area contributed by atoms with Gasteiger partial charge in [0.1, 0.15) is 6.10 Å². The Kier molecular flexibility index (Phi) is 3.09. The molecule has 13 heavy (non-hydrogen) atoms. The van der Waals surface area contributed by atoms with Gasteiger partial charge in [-0.15, -0.1) is 0 Å². The summed E-state index contributed by atoms with van der Waals surface area (Å²) in [5.74, 6) is -0.0875. The summed E-state index contributed by atoms with van der Waals surface area (Å²) in [6.07, 6.45) is 1.24. The van der Waals surface area contributed by atoms with E-state index in [4.69, 9.17) is 9.47 Å². The number of hydrogen-bond donors (Lipinski definition) is 0. The minimum Gasteiger partial charge on any atom is -0.344 e. The van der Waals surface area contributed by atoms with Crippen LogP contribution in [0.2, 0.25) is 0 Å². The van der Waals surface area contributed by atoms with Crippen molar-refractivity contribution in [3.8, 4) is 0 Å². The van der Waals surface area contributed by atoms with E-state index in [1.54, 1.807) is 0 Å². The molecule has 1 rings (SSSR count). The predicted octanol–water partition coefficient (Wildman–Crippen LogP) is 1.75. The van der Waals surface area contributed by atoms with Crippen molar-refractivity contribution >= 4 is 6.29 Å². The van der Waals surface area contributed by atoms with Gasteiger partial charge in [-0.1, -0.05) is 13.8 Å². The summed E-state index contributed by atoms with van der Waals surface area (Å²) in [6, 6.07) is 0. The molecule has 1 aliphatic heterocycles. The average Bonchev–Trinajstić information content (AvgIpc) is 2.24. The number of carbonyl (C=O) groups excluding carboxylic acids is 1. The predicted molar refractivity (Wildman–Crippen MR) is 49.3 cm³/mol. The maximum absolute atomic E-state index is 10.7. The maximum atomic E-state index is 10.7. The van der Waals surface area contributed by atoms with Crippen molar-refractivity contribution < 1.29 is 14.3 Å². The van der Waals surface area contributed by atoms with Crippen molar-refractivity contribution in [2.75, 3.05) is 0 Å². The van der Waals surface area contributed by atoms with E-state index in [1.165, 1.54) is 0 Å². The summed E-state index contributed by atoms with van der Waals surface area (Å²) in [5, 5.41) is 0. The van der Waals surface area contributed by atoms with Gasteiger partial charge in [0, 0.05) is 0 Å². The van der Waals surface area contributed by atoms with Crippen LogP contribution in [0.3, 0.4) is 0 Å². The first kappa shape index (κ1) is 10.7. The van der Waals surface area contributed by atoms with E-state index in [0.29, 0.717) is 5.92 Å². The normalized spacial score (nSPS) is 32.4. The molecule has 0 aromatic heterocycles. The lowest BCUT2D eigenvalue weighted by Gasteiger charge is -2.17. The summed E-state index contributed by atoms with van der Waals surface area (Å²) in [5.41, 5.74) is 0. The highest BCUT2D eigenvalue weighted by Crippen LogP contribution is 2.30. The maximum Gasteiger partial charge on any atom is 0.164 e. The highest BCUT2D eigenvalue weighted by Gasteiger charge is 2.40. The summed E-state index contributed by atoms with van der Waals surface area (Å²) in [6.45, 7) is 7.89. The van der Waals surface area contributed by atoms with Gasteiger partial charge in [0.2, 0.25) is 0 Å². The zero-order chi connectivity index (χ0) is 10.1. The van der Waals surface area contributed by atoms with Crippen LogP contribution >= 0.6 is 0 Å². The van der Waals surface area contributed by atoms with Gasteiger partial charge in [-0.25, -0.2) is 0 Å². The van der Waals surface area contributed by atoms with Gasteiger partial charge in [-0.2, -0.15) is 0 Å². The average molecular weight is 186 g/mol. The lowest BCUT2D eigenvalue weighted by atomic mass is 10.0. The fraction of sp³-hybridized carbons (Fsp3) is 0.900. The molecule has 1 aliphatic rings. The summed E-state index contributed by atoms with van der Waals surface area (Å²) in [7, 11) is 0. The SMILES string of the molecule is CC(C)CC1OC(C)(C)OC1C=O. The number of carbonyl (C=O) groups is 1. The lowest BCUT2D eigenvalue weighted by Crippen LogP contribution is -2.25. The molecule has 0 N–H and O–H groups in total. The van der Waals surface area contributed by atoms with Crippen molar-refractivity contribution in [1.29, 1.82) is 0 Å². The first-order valence-corrected chi connectivity index (χ1v) is 4.75. The molecule has 0 aromatic carbocycles. The summed E-state index contributed by atoms with van der Waals surface area (Å²) >= 11 is 0. The van der Waals surface area contributed by atoms with Gasteiger partial charge in [-0.3, -0.25) is 0 Å². The molecule has 0 radical (unpaired) electrons. The van der Waals surface area contributed by atoms with Gasteiger partial charge in [0.15, 0.2) is 12.1 Å². The third kappa shape index (κ3) is 2.78. The van der Waals surface area contributed by atoms with Crippen LogP contribution in [0.5, 0.6) is 0 Å². The van der Waals surface area contributed by atoms with Gasteiger partial charge < -0.3 is 14.3 Å². The minimum atomic E-state index is -0.606. The molecule has 0 aliphatic carbocycles. The molecule has 0 saturated carbocycles. The second-order valence-corrected chi connectivity index (χ2v) is 4.40. The van der Waals surface area contributed by atoms with E-state index in [0.717, 1.165) is 12.7 Å². The number of ether oxygens (including phenoxy) is 2. The molecule has 0 amide bonds. The monoisotopic (exact) mass is 186 g/mol. The second kappa shape index (κ2) is 3.76. The number of aldehydes is 1. The Hall–Kier alpha value is -0.410. The smallest absolute Gasteiger partial charge is 0.164 e. The zero-order valence-electron chi connectivity index (χ0n) is 8.74. The van der Waals surface area contributed by atoms with E-state index in [2.05, 4.69) is 13.8 Å². The molecule has 3 heteroatoms. The highest BCUT2D eigenvalue weighted by molar-refractivity contribution is 5.57. The van der Waals surface area contributed by atoms with Crippen LogP contribution in [0.1, 0.15) is 34.1 Å². The standard InChI is InChI=1S/C10H18O3/c1-7(2)5-8-9(6-11)13-10(3,4)12-8/h6-9H,5H2,1-4H3. The fourth-order valence-corrected chi connectivity index (χ4v) is 1.63. The number of hydrogen-bond acceptors (Lipinski definition) is 3. The Labute approximate surface area is 79.4 Å². The largest absolute Gasteiger partial charge is 0.344 e. The second-order valence-electron chi connectivity index (χ2n) is 4.40. The van der Waals surface area contributed by atoms with Crippen LogP contribution in [0.4, 0.5) is 0 Å². The Morgan fingerprint density at radius 3 is 2.46 bits per heavy atom. The molecular formula is C10H18O3. The third-order valence-electron chi connectivity index (χ3n) is 2.06. The van der Waals surface area contributed by atoms with Crippen LogP contribution in [-0.4, -0.2) is 24.3 Å². The third-order valence-corrected chi connectivity index (χ3v) is 2.06. The van der Waals surface area contributed by atoms with Crippen LogP contribution < -0.4 is 0 Å². The molecule has 0 bridgehead atoms. The Bertz CT molecular complexity index is 187. The number of rotatable bonds is 3. The van der Waals surface area contributed by atoms with Crippen molar-refractivity contribution in [3.63, 3.8) is 0 Å². The highest BCUT2D eigenvalue weighted by atomic mass is 16.8. The van der Waals surface area contributed by atoms with Crippen LogP contribution in [-0.2, 0) is 14.3 Å². The zero-order valence-corrected chi connectivity index (χ0v) is 8.74. The van der Waals surface area contributed by atoms with Crippen LogP contribution in [0.25, 0.3) is 0 Å². The molecule has 0 aromatic rings. The van der Waals surface area contributed by atoms with Gasteiger partial charge in [0.25, 0.3) is 0 Å². The molecule has 2 unspecified atom stereocenters. The van der Waals surface area contributed by atoms with Gasteiger partial charge in [-0.05, 0) is 26.2 Å². The van der Waals surface area contributed by atoms with Crippen molar-refractivity contribution in [2.24, 2.45) is 5.92 Å². The topological polar surface area (TPSA) is 35.5 Å². The Balaban J connectivity index is 2.58. The first-order valence-electron chi connectivity index (χ1n) is 4.75. The van der Waals surface area contributed by atoms with Crippen molar-refractivity contribution in [2.45, 2.75) is 52.1 Å². The summed E-state index contributed by atoms with van der Waals surface area (Å²) in [4.78, 5) is 10.7. The molecular weight excluding hydrogens is 168 g/mol. The lowest BCUT2D eigenvalue weighted by molar-refractivity contribution is -0.150. The molecule has 1 saturated heterocycles. The molecule has 2 atom stereocenters. The quantitative estimate of drug-likeness (QED) is 0.630. The Morgan fingerprint density at radius 2 is 2.00 bits per heavy atom. The molecule has 3 nitrogen and oxygen atoms in total. The molecule has 1 heterocycles. The molecule has 1 fully saturated rings. The molecule has 76 valence electrons. The van der Waals surface area contributed by atoms with Crippen LogP contribution in [0.15, 0.2) is 0 Å². The fourth-order valence-electron chi connectivity index (χ4n) is 1.63. The van der Waals surface area contributed by atoms with Crippen molar-refractivity contribution in [1.82, 2.24) is 0 Å². The van der Waals surface area contributed by atoms with Gasteiger partial charge >= 0.3 is 0 Å². The molecule has 0 spiro atoms.